The predicted molar refractivity (Wildman–Crippen MR) is 136 cm³/mol. The monoisotopic (exact) mass is 496 g/mol. The summed E-state index contributed by atoms with van der Waals surface area (Å²) in [4.78, 5) is 60.6. The minimum absolute atomic E-state index is 0.0246. The molecule has 0 radical (unpaired) electrons. The number of carbonyl (C=O) groups excluding carboxylic acids is 2. The molecule has 1 aliphatic heterocycles. The van der Waals surface area contributed by atoms with Gasteiger partial charge in [0.05, 0.1) is 18.7 Å². The summed E-state index contributed by atoms with van der Waals surface area (Å²) in [6.07, 6.45) is 2.72. The van der Waals surface area contributed by atoms with E-state index in [9.17, 15) is 19.2 Å². The first-order valence-corrected chi connectivity index (χ1v) is 12.5. The third kappa shape index (κ3) is 5.35. The van der Waals surface area contributed by atoms with E-state index in [0.717, 1.165) is 18.4 Å². The maximum Gasteiger partial charge on any atom is 0.330 e. The van der Waals surface area contributed by atoms with Gasteiger partial charge in [0.1, 0.15) is 5.82 Å². The molecule has 1 fully saturated rings. The molecule has 0 aliphatic carbocycles. The average molecular weight is 497 g/mol. The second-order valence-electron chi connectivity index (χ2n) is 8.41. The number of aromatic amines is 1. The number of rotatable bonds is 9. The van der Waals surface area contributed by atoms with Crippen LogP contribution in [0.5, 0.6) is 0 Å². The van der Waals surface area contributed by atoms with Crippen molar-refractivity contribution in [3.05, 3.63) is 67.8 Å². The highest BCUT2D eigenvalue weighted by molar-refractivity contribution is 7.14. The highest BCUT2D eigenvalue weighted by Crippen LogP contribution is 2.27. The van der Waals surface area contributed by atoms with E-state index >= 15 is 0 Å². The number of nitrogen functional groups attached to an aromatic ring is 1. The SMILES string of the molecule is CCCCn1c(N)c(N(Cc2ccccc2)C(=O)Cc2csc(N3CCCC3=O)n2)c(=O)[nH]c1=O. The second-order valence-corrected chi connectivity index (χ2v) is 9.25. The Morgan fingerprint density at radius 1 is 1.23 bits per heavy atom. The van der Waals surface area contributed by atoms with Gasteiger partial charge in [-0.15, -0.1) is 11.3 Å². The van der Waals surface area contributed by atoms with Crippen molar-refractivity contribution in [2.75, 3.05) is 22.1 Å². The number of nitrogens with two attached hydrogens (primary N) is 1. The van der Waals surface area contributed by atoms with Crippen molar-refractivity contribution in [2.24, 2.45) is 0 Å². The Kier molecular flexibility index (Phi) is 7.45. The Morgan fingerprint density at radius 2 is 2.00 bits per heavy atom. The Labute approximate surface area is 206 Å². The molecular formula is C24H28N6O4S. The van der Waals surface area contributed by atoms with Gasteiger partial charge in [-0.05, 0) is 18.4 Å². The van der Waals surface area contributed by atoms with E-state index in [0.29, 0.717) is 36.8 Å². The summed E-state index contributed by atoms with van der Waals surface area (Å²) in [5.41, 5.74) is 6.23. The lowest BCUT2D eigenvalue weighted by Gasteiger charge is -2.24. The highest BCUT2D eigenvalue weighted by Gasteiger charge is 2.27. The molecule has 2 amide bonds. The van der Waals surface area contributed by atoms with Crippen LogP contribution in [0.2, 0.25) is 0 Å². The number of hydrogen-bond acceptors (Lipinski definition) is 7. The molecule has 3 aromatic rings. The van der Waals surface area contributed by atoms with Gasteiger partial charge in [-0.1, -0.05) is 43.7 Å². The fourth-order valence-electron chi connectivity index (χ4n) is 4.04. The third-order valence-electron chi connectivity index (χ3n) is 5.88. The first-order valence-electron chi connectivity index (χ1n) is 11.6. The molecule has 35 heavy (non-hydrogen) atoms. The van der Waals surface area contributed by atoms with E-state index in [1.165, 1.54) is 20.8 Å². The fourth-order valence-corrected chi connectivity index (χ4v) is 4.90. The molecule has 3 heterocycles. The summed E-state index contributed by atoms with van der Waals surface area (Å²) in [6.45, 7) is 3.03. The first-order chi connectivity index (χ1) is 16.9. The van der Waals surface area contributed by atoms with Crippen LogP contribution in [0.3, 0.4) is 0 Å². The number of benzene rings is 1. The van der Waals surface area contributed by atoms with Crippen LogP contribution in [0, 0.1) is 0 Å². The van der Waals surface area contributed by atoms with Crippen molar-refractivity contribution >= 4 is 39.8 Å². The molecule has 11 heteroatoms. The van der Waals surface area contributed by atoms with E-state index in [4.69, 9.17) is 5.73 Å². The number of aromatic nitrogens is 3. The van der Waals surface area contributed by atoms with Gasteiger partial charge in [-0.2, -0.15) is 0 Å². The zero-order valence-corrected chi connectivity index (χ0v) is 20.3. The molecule has 1 aliphatic rings. The number of H-pyrrole nitrogens is 1. The van der Waals surface area contributed by atoms with E-state index in [1.807, 2.05) is 37.3 Å². The fraction of sp³-hybridized carbons (Fsp3) is 0.375. The van der Waals surface area contributed by atoms with Crippen LogP contribution in [-0.2, 0) is 29.1 Å². The highest BCUT2D eigenvalue weighted by atomic mass is 32.1. The Morgan fingerprint density at radius 3 is 2.69 bits per heavy atom. The maximum absolute atomic E-state index is 13.5. The number of unbranched alkanes of at least 4 members (excludes halogenated alkanes) is 1. The summed E-state index contributed by atoms with van der Waals surface area (Å²) in [6, 6.07) is 9.23. The molecule has 0 atom stereocenters. The molecule has 0 spiro atoms. The normalized spacial score (nSPS) is 13.4. The molecule has 0 bridgehead atoms. The predicted octanol–water partition coefficient (Wildman–Crippen LogP) is 2.28. The molecule has 10 nitrogen and oxygen atoms in total. The number of anilines is 3. The average Bonchev–Trinajstić information content (AvgIpc) is 3.47. The van der Waals surface area contributed by atoms with Crippen molar-refractivity contribution in [1.29, 1.82) is 0 Å². The van der Waals surface area contributed by atoms with Crippen molar-refractivity contribution in [3.63, 3.8) is 0 Å². The Bertz CT molecular complexity index is 1330. The van der Waals surface area contributed by atoms with E-state index in [1.54, 1.807) is 10.3 Å². The van der Waals surface area contributed by atoms with Gasteiger partial charge in [-0.3, -0.25) is 33.7 Å². The summed E-state index contributed by atoms with van der Waals surface area (Å²) >= 11 is 1.31. The van der Waals surface area contributed by atoms with E-state index in [-0.39, 0.29) is 30.4 Å². The van der Waals surface area contributed by atoms with E-state index < -0.39 is 17.2 Å². The molecule has 184 valence electrons. The largest absolute Gasteiger partial charge is 0.383 e. The first kappa shape index (κ1) is 24.4. The number of nitrogens with zero attached hydrogens (tertiary/aromatic N) is 4. The van der Waals surface area contributed by atoms with Crippen LogP contribution in [0.1, 0.15) is 43.9 Å². The van der Waals surface area contributed by atoms with Crippen LogP contribution in [-0.4, -0.2) is 32.9 Å². The zero-order chi connectivity index (χ0) is 24.9. The summed E-state index contributed by atoms with van der Waals surface area (Å²) in [7, 11) is 0. The lowest BCUT2D eigenvalue weighted by atomic mass is 10.2. The van der Waals surface area contributed by atoms with E-state index in [2.05, 4.69) is 9.97 Å². The smallest absolute Gasteiger partial charge is 0.330 e. The molecule has 1 saturated heterocycles. The summed E-state index contributed by atoms with van der Waals surface area (Å²) in [5.74, 6) is -0.411. The van der Waals surface area contributed by atoms with Crippen LogP contribution in [0.25, 0.3) is 0 Å². The molecule has 2 aromatic heterocycles. The lowest BCUT2D eigenvalue weighted by molar-refractivity contribution is -0.118. The number of thiazole rings is 1. The van der Waals surface area contributed by atoms with Gasteiger partial charge in [-0.25, -0.2) is 9.78 Å². The number of nitrogens with one attached hydrogen (secondary N) is 1. The van der Waals surface area contributed by atoms with Crippen LogP contribution in [0.4, 0.5) is 16.6 Å². The summed E-state index contributed by atoms with van der Waals surface area (Å²) < 4.78 is 1.30. The van der Waals surface area contributed by atoms with Crippen LogP contribution in [0.15, 0.2) is 45.3 Å². The standard InChI is InChI=1S/C24H28N6O4S/c1-2-3-11-29-21(25)20(22(33)27-23(29)34)30(14-16-8-5-4-6-9-16)19(32)13-17-15-35-24(26-17)28-12-7-10-18(28)31/h4-6,8-9,15H,2-3,7,10-14,25H2,1H3,(H,27,33,34). The van der Waals surface area contributed by atoms with Crippen LogP contribution < -0.4 is 26.8 Å². The van der Waals surface area contributed by atoms with Crippen molar-refractivity contribution in [1.82, 2.24) is 14.5 Å². The molecular weight excluding hydrogens is 468 g/mol. The van der Waals surface area contributed by atoms with Gasteiger partial charge in [0.25, 0.3) is 5.56 Å². The number of carbonyl (C=O) groups is 2. The van der Waals surface area contributed by atoms with Gasteiger partial charge < -0.3 is 5.73 Å². The number of hydrogen-bond donors (Lipinski definition) is 2. The quantitative estimate of drug-likeness (QED) is 0.467. The zero-order valence-electron chi connectivity index (χ0n) is 19.5. The molecule has 4 rings (SSSR count). The molecule has 1 aromatic carbocycles. The van der Waals surface area contributed by atoms with Crippen molar-refractivity contribution in [2.45, 2.75) is 52.1 Å². The second kappa shape index (κ2) is 10.7. The van der Waals surface area contributed by atoms with Crippen molar-refractivity contribution in [3.8, 4) is 0 Å². The van der Waals surface area contributed by atoms with Crippen molar-refractivity contribution < 1.29 is 9.59 Å². The topological polar surface area (TPSA) is 134 Å². The number of amides is 2. The molecule has 3 N–H and O–H groups in total. The minimum atomic E-state index is -0.717. The third-order valence-corrected chi connectivity index (χ3v) is 6.79. The molecule has 0 unspecified atom stereocenters. The van der Waals surface area contributed by atoms with Gasteiger partial charge >= 0.3 is 5.69 Å². The van der Waals surface area contributed by atoms with Gasteiger partial charge in [0.2, 0.25) is 11.8 Å². The van der Waals surface area contributed by atoms with Gasteiger partial charge in [0, 0.05) is 24.9 Å². The minimum Gasteiger partial charge on any atom is -0.383 e. The Balaban J connectivity index is 1.68. The van der Waals surface area contributed by atoms with Gasteiger partial charge in [0.15, 0.2) is 10.8 Å². The molecule has 0 saturated carbocycles. The van der Waals surface area contributed by atoms with Crippen LogP contribution >= 0.6 is 11.3 Å². The maximum atomic E-state index is 13.5. The lowest BCUT2D eigenvalue weighted by Crippen LogP contribution is -2.41. The summed E-state index contributed by atoms with van der Waals surface area (Å²) in [5, 5.41) is 2.31. The Hall–Kier alpha value is -3.73.